The summed E-state index contributed by atoms with van der Waals surface area (Å²) in [5.74, 6) is -1.57. The Morgan fingerprint density at radius 2 is 1.81 bits per heavy atom. The van der Waals surface area contributed by atoms with Gasteiger partial charge in [0.25, 0.3) is 0 Å². The van der Waals surface area contributed by atoms with E-state index in [9.17, 15) is 17.6 Å². The lowest BCUT2D eigenvalue weighted by Crippen LogP contribution is -2.37. The highest BCUT2D eigenvalue weighted by atomic mass is 35.5. The monoisotopic (exact) mass is 323 g/mol. The fourth-order valence-corrected chi connectivity index (χ4v) is 3.19. The van der Waals surface area contributed by atoms with Gasteiger partial charge in [-0.05, 0) is 61.8 Å². The molecule has 0 heterocycles. The molecular weight excluding hydrogens is 306 g/mol. The maximum absolute atomic E-state index is 13.2. The molecule has 2 rings (SSSR count). The molecule has 1 fully saturated rings. The maximum Gasteiger partial charge on any atom is 0.391 e. The SMILES string of the molecule is NC(Cc1cc(F)ccc1Cl)C1CCC(C(F)(F)F)CC1. The molecule has 0 amide bonds. The Kier molecular flexibility index (Phi) is 5.15. The molecule has 0 saturated heterocycles. The molecule has 6 heteroatoms. The van der Waals surface area contributed by atoms with Crippen molar-refractivity contribution < 1.29 is 17.6 Å². The van der Waals surface area contributed by atoms with E-state index in [4.69, 9.17) is 17.3 Å². The number of nitrogens with two attached hydrogens (primary N) is 1. The van der Waals surface area contributed by atoms with Crippen LogP contribution in [0.3, 0.4) is 0 Å². The van der Waals surface area contributed by atoms with Crippen LogP contribution in [0.4, 0.5) is 17.6 Å². The summed E-state index contributed by atoms with van der Waals surface area (Å²) in [4.78, 5) is 0. The highest BCUT2D eigenvalue weighted by molar-refractivity contribution is 6.31. The summed E-state index contributed by atoms with van der Waals surface area (Å²) in [5.41, 5.74) is 6.70. The first kappa shape index (κ1) is 16.6. The molecule has 0 bridgehead atoms. The van der Waals surface area contributed by atoms with Crippen molar-refractivity contribution in [2.45, 2.75) is 44.3 Å². The molecular formula is C15H18ClF4N. The van der Waals surface area contributed by atoms with Gasteiger partial charge in [0.2, 0.25) is 0 Å². The zero-order valence-electron chi connectivity index (χ0n) is 11.5. The molecule has 2 N–H and O–H groups in total. The zero-order chi connectivity index (χ0) is 15.6. The molecule has 1 aromatic carbocycles. The Bertz CT molecular complexity index is 481. The number of hydrogen-bond acceptors (Lipinski definition) is 1. The number of halogens is 5. The van der Waals surface area contributed by atoms with Gasteiger partial charge in [0.05, 0.1) is 5.92 Å². The summed E-state index contributed by atoms with van der Waals surface area (Å²) in [6, 6.07) is 3.79. The van der Waals surface area contributed by atoms with Crippen molar-refractivity contribution in [3.8, 4) is 0 Å². The van der Waals surface area contributed by atoms with Crippen molar-refractivity contribution in [3.63, 3.8) is 0 Å². The van der Waals surface area contributed by atoms with E-state index < -0.39 is 12.1 Å². The number of benzene rings is 1. The van der Waals surface area contributed by atoms with E-state index in [-0.39, 0.29) is 30.6 Å². The quantitative estimate of drug-likeness (QED) is 0.800. The van der Waals surface area contributed by atoms with Crippen LogP contribution in [0.1, 0.15) is 31.2 Å². The highest BCUT2D eigenvalue weighted by Gasteiger charge is 2.42. The van der Waals surface area contributed by atoms with Crippen molar-refractivity contribution in [1.29, 1.82) is 0 Å². The molecule has 0 aromatic heterocycles. The van der Waals surface area contributed by atoms with Crippen molar-refractivity contribution in [2.24, 2.45) is 17.6 Å². The molecule has 0 spiro atoms. The molecule has 1 aliphatic rings. The van der Waals surface area contributed by atoms with Crippen LogP contribution in [-0.2, 0) is 6.42 Å². The zero-order valence-corrected chi connectivity index (χ0v) is 12.2. The summed E-state index contributed by atoms with van der Waals surface area (Å²) in [6.45, 7) is 0. The number of alkyl halides is 3. The van der Waals surface area contributed by atoms with Crippen LogP contribution in [0.5, 0.6) is 0 Å². The summed E-state index contributed by atoms with van der Waals surface area (Å²) >= 11 is 5.99. The summed E-state index contributed by atoms with van der Waals surface area (Å²) < 4.78 is 51.1. The van der Waals surface area contributed by atoms with Crippen molar-refractivity contribution >= 4 is 11.6 Å². The second-order valence-electron chi connectivity index (χ2n) is 5.76. The van der Waals surface area contributed by atoms with Gasteiger partial charge >= 0.3 is 6.18 Å². The minimum Gasteiger partial charge on any atom is -0.327 e. The van der Waals surface area contributed by atoms with Crippen molar-refractivity contribution in [2.75, 3.05) is 0 Å². The van der Waals surface area contributed by atoms with E-state index in [0.29, 0.717) is 29.8 Å². The van der Waals surface area contributed by atoms with Gasteiger partial charge in [-0.1, -0.05) is 11.6 Å². The smallest absolute Gasteiger partial charge is 0.327 e. The third-order valence-corrected chi connectivity index (χ3v) is 4.67. The van der Waals surface area contributed by atoms with Gasteiger partial charge in [-0.3, -0.25) is 0 Å². The van der Waals surface area contributed by atoms with E-state index in [1.165, 1.54) is 18.2 Å². The molecule has 1 unspecified atom stereocenters. The largest absolute Gasteiger partial charge is 0.391 e. The van der Waals surface area contributed by atoms with Gasteiger partial charge in [0, 0.05) is 11.1 Å². The first-order valence-electron chi connectivity index (χ1n) is 7.03. The highest BCUT2D eigenvalue weighted by Crippen LogP contribution is 2.40. The number of hydrogen-bond donors (Lipinski definition) is 1. The minimum atomic E-state index is -4.11. The third-order valence-electron chi connectivity index (χ3n) is 4.30. The molecule has 1 aromatic rings. The average molecular weight is 324 g/mol. The Hall–Kier alpha value is -0.810. The normalized spacial score (nSPS) is 24.9. The van der Waals surface area contributed by atoms with Gasteiger partial charge in [-0.2, -0.15) is 13.2 Å². The predicted octanol–water partition coefficient (Wildman–Crippen LogP) is 4.72. The lowest BCUT2D eigenvalue weighted by Gasteiger charge is -2.33. The molecule has 1 atom stereocenters. The number of rotatable bonds is 3. The fourth-order valence-electron chi connectivity index (χ4n) is 3.00. The van der Waals surface area contributed by atoms with Gasteiger partial charge in [-0.15, -0.1) is 0 Å². The predicted molar refractivity (Wildman–Crippen MR) is 74.6 cm³/mol. The molecule has 1 nitrogen and oxygen atoms in total. The minimum absolute atomic E-state index is 0.0305. The van der Waals surface area contributed by atoms with Crippen LogP contribution >= 0.6 is 11.6 Å². The van der Waals surface area contributed by atoms with Crippen LogP contribution in [0.15, 0.2) is 18.2 Å². The van der Waals surface area contributed by atoms with Gasteiger partial charge < -0.3 is 5.73 Å². The Morgan fingerprint density at radius 3 is 2.38 bits per heavy atom. The maximum atomic E-state index is 13.2. The van der Waals surface area contributed by atoms with E-state index >= 15 is 0 Å². The molecule has 118 valence electrons. The Labute approximate surface area is 126 Å². The lowest BCUT2D eigenvalue weighted by molar-refractivity contribution is -0.184. The topological polar surface area (TPSA) is 26.0 Å². The van der Waals surface area contributed by atoms with Crippen molar-refractivity contribution in [1.82, 2.24) is 0 Å². The van der Waals surface area contributed by atoms with Crippen LogP contribution in [0.25, 0.3) is 0 Å². The Morgan fingerprint density at radius 1 is 1.19 bits per heavy atom. The second kappa shape index (κ2) is 6.53. The van der Waals surface area contributed by atoms with Crippen LogP contribution < -0.4 is 5.73 Å². The average Bonchev–Trinajstić information content (AvgIpc) is 2.42. The van der Waals surface area contributed by atoms with E-state index in [2.05, 4.69) is 0 Å². The Balaban J connectivity index is 1.93. The van der Waals surface area contributed by atoms with Crippen LogP contribution in [-0.4, -0.2) is 12.2 Å². The summed E-state index contributed by atoms with van der Waals surface area (Å²) in [7, 11) is 0. The van der Waals surface area contributed by atoms with E-state index in [1.807, 2.05) is 0 Å². The first-order chi connectivity index (χ1) is 9.77. The van der Waals surface area contributed by atoms with E-state index in [0.717, 1.165) is 0 Å². The second-order valence-corrected chi connectivity index (χ2v) is 6.16. The van der Waals surface area contributed by atoms with Crippen LogP contribution in [0.2, 0.25) is 5.02 Å². The van der Waals surface area contributed by atoms with E-state index in [1.54, 1.807) is 0 Å². The molecule has 1 saturated carbocycles. The summed E-state index contributed by atoms with van der Waals surface area (Å²) in [6.07, 6.45) is -2.56. The van der Waals surface area contributed by atoms with Gasteiger partial charge in [-0.25, -0.2) is 4.39 Å². The standard InChI is InChI=1S/C15H18ClF4N/c16-13-6-5-12(17)7-10(13)8-14(21)9-1-3-11(4-2-9)15(18,19)20/h5-7,9,11,14H,1-4,8,21H2. The molecule has 1 aliphatic carbocycles. The molecule has 0 aliphatic heterocycles. The van der Waals surface area contributed by atoms with Gasteiger partial charge in [0.1, 0.15) is 5.82 Å². The third kappa shape index (κ3) is 4.33. The van der Waals surface area contributed by atoms with Crippen LogP contribution in [0, 0.1) is 17.7 Å². The lowest BCUT2D eigenvalue weighted by atomic mass is 9.77. The van der Waals surface area contributed by atoms with Crippen molar-refractivity contribution in [3.05, 3.63) is 34.6 Å². The summed E-state index contributed by atoms with van der Waals surface area (Å²) in [5, 5.41) is 0.441. The molecule has 0 radical (unpaired) electrons. The molecule has 21 heavy (non-hydrogen) atoms. The fraction of sp³-hybridized carbons (Fsp3) is 0.600. The first-order valence-corrected chi connectivity index (χ1v) is 7.41. The van der Waals surface area contributed by atoms with Gasteiger partial charge in [0.15, 0.2) is 0 Å².